The van der Waals surface area contributed by atoms with Gasteiger partial charge in [-0.05, 0) is 17.9 Å². The summed E-state index contributed by atoms with van der Waals surface area (Å²) >= 11 is 6.29. The minimum Gasteiger partial charge on any atom is -0.467 e. The molecule has 0 saturated heterocycles. The molecule has 2 atom stereocenters. The first-order chi connectivity index (χ1) is 11.8. The number of carbonyl (C=O) groups is 1. The SMILES string of the molecule is CCCC[C@](F)(/C(Cl)=C\C(C)C)[C@H](OCc1ccccc1)C(=O)OC. The predicted octanol–water partition coefficient (Wildman–Crippen LogP) is 5.42. The van der Waals surface area contributed by atoms with Crippen LogP contribution < -0.4 is 0 Å². The average Bonchev–Trinajstić information content (AvgIpc) is 2.60. The third-order valence-electron chi connectivity index (χ3n) is 3.86. The van der Waals surface area contributed by atoms with Crippen molar-refractivity contribution in [1.82, 2.24) is 0 Å². The molecule has 1 aromatic rings. The van der Waals surface area contributed by atoms with Crippen LogP contribution in [-0.2, 0) is 20.9 Å². The monoisotopic (exact) mass is 370 g/mol. The van der Waals surface area contributed by atoms with Gasteiger partial charge in [0, 0.05) is 0 Å². The minimum atomic E-state index is -2.11. The Morgan fingerprint density at radius 1 is 1.32 bits per heavy atom. The molecule has 5 heteroatoms. The maximum Gasteiger partial charge on any atom is 0.338 e. The van der Waals surface area contributed by atoms with Gasteiger partial charge in [-0.1, -0.05) is 81.6 Å². The minimum absolute atomic E-state index is 0.000545. The van der Waals surface area contributed by atoms with E-state index in [9.17, 15) is 4.79 Å². The Labute approximate surface area is 155 Å². The van der Waals surface area contributed by atoms with E-state index in [1.807, 2.05) is 51.1 Å². The van der Waals surface area contributed by atoms with Crippen molar-refractivity contribution < 1.29 is 18.7 Å². The second kappa shape index (κ2) is 10.6. The summed E-state index contributed by atoms with van der Waals surface area (Å²) in [6.07, 6.45) is 1.68. The Morgan fingerprint density at radius 3 is 2.48 bits per heavy atom. The van der Waals surface area contributed by atoms with Gasteiger partial charge in [0.15, 0.2) is 11.8 Å². The molecule has 3 nitrogen and oxygen atoms in total. The fraction of sp³-hybridized carbons (Fsp3) is 0.550. The summed E-state index contributed by atoms with van der Waals surface area (Å²) in [4.78, 5) is 12.3. The number of hydrogen-bond acceptors (Lipinski definition) is 3. The summed E-state index contributed by atoms with van der Waals surface area (Å²) < 4.78 is 26.4. The Morgan fingerprint density at radius 2 is 1.96 bits per heavy atom. The summed E-state index contributed by atoms with van der Waals surface area (Å²) in [7, 11) is 1.22. The zero-order chi connectivity index (χ0) is 18.9. The highest BCUT2D eigenvalue weighted by molar-refractivity contribution is 6.31. The zero-order valence-corrected chi connectivity index (χ0v) is 16.2. The highest BCUT2D eigenvalue weighted by Gasteiger charge is 2.47. The summed E-state index contributed by atoms with van der Waals surface area (Å²) in [5.41, 5.74) is -1.26. The molecule has 0 aliphatic carbocycles. The number of unbranched alkanes of at least 4 members (excludes halogenated alkanes) is 1. The highest BCUT2D eigenvalue weighted by Crippen LogP contribution is 2.38. The lowest BCUT2D eigenvalue weighted by atomic mass is 9.90. The lowest BCUT2D eigenvalue weighted by Crippen LogP contribution is -2.46. The highest BCUT2D eigenvalue weighted by atomic mass is 35.5. The van der Waals surface area contributed by atoms with Crippen LogP contribution in [0.3, 0.4) is 0 Å². The molecule has 0 saturated carbocycles. The van der Waals surface area contributed by atoms with Crippen LogP contribution in [0, 0.1) is 5.92 Å². The van der Waals surface area contributed by atoms with Crippen LogP contribution in [0.2, 0.25) is 0 Å². The van der Waals surface area contributed by atoms with Gasteiger partial charge in [0.25, 0.3) is 0 Å². The van der Waals surface area contributed by atoms with Gasteiger partial charge in [-0.15, -0.1) is 0 Å². The number of carbonyl (C=O) groups excluding carboxylic acids is 1. The molecule has 0 aliphatic rings. The second-order valence-corrected chi connectivity index (χ2v) is 6.83. The van der Waals surface area contributed by atoms with Crippen molar-refractivity contribution >= 4 is 17.6 Å². The molecule has 0 radical (unpaired) electrons. The Bertz CT molecular complexity index is 559. The quantitative estimate of drug-likeness (QED) is 0.516. The third kappa shape index (κ3) is 6.44. The van der Waals surface area contributed by atoms with E-state index in [1.54, 1.807) is 6.08 Å². The van der Waals surface area contributed by atoms with E-state index in [-0.39, 0.29) is 24.0 Å². The van der Waals surface area contributed by atoms with Crippen molar-refractivity contribution in [1.29, 1.82) is 0 Å². The molecule has 0 bridgehead atoms. The number of benzene rings is 1. The second-order valence-electron chi connectivity index (χ2n) is 6.42. The summed E-state index contributed by atoms with van der Waals surface area (Å²) in [6, 6.07) is 9.30. The van der Waals surface area contributed by atoms with Gasteiger partial charge in [-0.25, -0.2) is 9.18 Å². The number of methoxy groups -OCH3 is 1. The molecular weight excluding hydrogens is 343 g/mol. The van der Waals surface area contributed by atoms with Crippen molar-refractivity contribution in [3.05, 3.63) is 47.0 Å². The first-order valence-corrected chi connectivity index (χ1v) is 9.03. The first-order valence-electron chi connectivity index (χ1n) is 8.65. The van der Waals surface area contributed by atoms with Gasteiger partial charge in [0.05, 0.1) is 18.7 Å². The van der Waals surface area contributed by atoms with E-state index in [0.717, 1.165) is 12.0 Å². The van der Waals surface area contributed by atoms with Crippen LogP contribution in [0.15, 0.2) is 41.4 Å². The molecule has 0 fully saturated rings. The summed E-state index contributed by atoms with van der Waals surface area (Å²) in [5.74, 6) is -0.707. The van der Waals surface area contributed by atoms with Crippen LogP contribution in [0.5, 0.6) is 0 Å². The van der Waals surface area contributed by atoms with Gasteiger partial charge in [0.1, 0.15) is 0 Å². The van der Waals surface area contributed by atoms with E-state index in [1.165, 1.54) is 7.11 Å². The van der Waals surface area contributed by atoms with Crippen molar-refractivity contribution in [2.45, 2.75) is 58.4 Å². The normalized spacial score (nSPS) is 15.7. The largest absolute Gasteiger partial charge is 0.467 e. The number of rotatable bonds is 10. The summed E-state index contributed by atoms with van der Waals surface area (Å²) in [6.45, 7) is 5.86. The molecular formula is C20H28ClFO3. The molecule has 0 heterocycles. The summed E-state index contributed by atoms with van der Waals surface area (Å²) in [5, 5.41) is -0.000545. The lowest BCUT2D eigenvalue weighted by molar-refractivity contribution is -0.165. The fourth-order valence-corrected chi connectivity index (χ4v) is 2.93. The van der Waals surface area contributed by atoms with Gasteiger partial charge in [-0.3, -0.25) is 0 Å². The van der Waals surface area contributed by atoms with Gasteiger partial charge >= 0.3 is 5.97 Å². The Kier molecular flexibility index (Phi) is 9.15. The molecule has 140 valence electrons. The van der Waals surface area contributed by atoms with E-state index >= 15 is 4.39 Å². The standard InChI is InChI=1S/C20H28ClFO3/c1-5-6-12-20(22,17(21)13-15(2)3)18(19(23)24-4)25-14-16-10-8-7-9-11-16/h7-11,13,15,18H,5-6,12,14H2,1-4H3/b17-13+/t18-,20+/m1/s1. The number of halogens is 2. The molecule has 25 heavy (non-hydrogen) atoms. The number of hydrogen-bond donors (Lipinski definition) is 0. The first kappa shape index (κ1) is 21.7. The average molecular weight is 371 g/mol. The Hall–Kier alpha value is -1.39. The van der Waals surface area contributed by atoms with Gasteiger partial charge < -0.3 is 9.47 Å². The van der Waals surface area contributed by atoms with Crippen LogP contribution in [0.25, 0.3) is 0 Å². The van der Waals surface area contributed by atoms with Crippen molar-refractivity contribution in [3.8, 4) is 0 Å². The fourth-order valence-electron chi connectivity index (χ4n) is 2.49. The van der Waals surface area contributed by atoms with Gasteiger partial charge in [0.2, 0.25) is 0 Å². The maximum atomic E-state index is 15.9. The number of allylic oxidation sites excluding steroid dienone is 1. The molecule has 0 aromatic heterocycles. The molecule has 0 spiro atoms. The van der Waals surface area contributed by atoms with E-state index in [2.05, 4.69) is 0 Å². The molecule has 0 amide bonds. The number of esters is 1. The van der Waals surface area contributed by atoms with E-state index < -0.39 is 17.7 Å². The molecule has 0 N–H and O–H groups in total. The van der Waals surface area contributed by atoms with Crippen molar-refractivity contribution in [3.63, 3.8) is 0 Å². The van der Waals surface area contributed by atoms with Gasteiger partial charge in [-0.2, -0.15) is 0 Å². The van der Waals surface area contributed by atoms with E-state index in [4.69, 9.17) is 21.1 Å². The third-order valence-corrected chi connectivity index (χ3v) is 4.30. The topological polar surface area (TPSA) is 35.5 Å². The molecule has 0 unspecified atom stereocenters. The van der Waals surface area contributed by atoms with E-state index in [0.29, 0.717) is 6.42 Å². The smallest absolute Gasteiger partial charge is 0.338 e. The number of ether oxygens (including phenoxy) is 2. The lowest BCUT2D eigenvalue weighted by Gasteiger charge is -2.32. The zero-order valence-electron chi connectivity index (χ0n) is 15.4. The predicted molar refractivity (Wildman–Crippen MR) is 99.2 cm³/mol. The molecule has 1 aromatic carbocycles. The van der Waals surface area contributed by atoms with Crippen LogP contribution in [0.1, 0.15) is 45.6 Å². The van der Waals surface area contributed by atoms with Crippen LogP contribution >= 0.6 is 11.6 Å². The Balaban J connectivity index is 3.12. The molecule has 0 aliphatic heterocycles. The van der Waals surface area contributed by atoms with Crippen LogP contribution in [-0.4, -0.2) is 24.9 Å². The molecule has 1 rings (SSSR count). The van der Waals surface area contributed by atoms with Crippen LogP contribution in [0.4, 0.5) is 4.39 Å². The van der Waals surface area contributed by atoms with Crippen molar-refractivity contribution in [2.75, 3.05) is 7.11 Å². The number of alkyl halides is 1. The van der Waals surface area contributed by atoms with Crippen molar-refractivity contribution in [2.24, 2.45) is 5.92 Å². The maximum absolute atomic E-state index is 15.9.